The minimum atomic E-state index is -1.01. The van der Waals surface area contributed by atoms with Crippen molar-refractivity contribution in [3.05, 3.63) is 47.9 Å². The molecule has 0 radical (unpaired) electrons. The summed E-state index contributed by atoms with van der Waals surface area (Å²) in [5.74, 6) is 1.03. The topological polar surface area (TPSA) is 110 Å². The van der Waals surface area contributed by atoms with Crippen molar-refractivity contribution in [3.8, 4) is 11.5 Å². The number of nitrogens with one attached hydrogen (secondary N) is 1. The predicted molar refractivity (Wildman–Crippen MR) is 123 cm³/mol. The Labute approximate surface area is 190 Å². The third-order valence-corrected chi connectivity index (χ3v) is 6.55. The second-order valence-electron chi connectivity index (χ2n) is 9.03. The number of carbonyl (C=O) groups is 1. The van der Waals surface area contributed by atoms with Gasteiger partial charge in [0.25, 0.3) is 0 Å². The highest BCUT2D eigenvalue weighted by atomic mass is 16.5. The van der Waals surface area contributed by atoms with E-state index in [0.29, 0.717) is 35.8 Å². The van der Waals surface area contributed by atoms with Crippen LogP contribution < -0.4 is 5.32 Å². The van der Waals surface area contributed by atoms with Gasteiger partial charge in [0, 0.05) is 41.4 Å². The second kappa shape index (κ2) is 7.60. The zero-order valence-corrected chi connectivity index (χ0v) is 18.3. The van der Waals surface area contributed by atoms with Crippen molar-refractivity contribution in [2.24, 2.45) is 5.92 Å². The molecule has 1 saturated carbocycles. The number of aliphatic hydroxyl groups is 1. The summed E-state index contributed by atoms with van der Waals surface area (Å²) in [6.45, 7) is 2.86. The lowest BCUT2D eigenvalue weighted by molar-refractivity contribution is -0.117. The van der Waals surface area contributed by atoms with Gasteiger partial charge in [0.2, 0.25) is 11.8 Å². The number of aryl methyl sites for hydroxylation is 1. The highest BCUT2D eigenvalue weighted by Crippen LogP contribution is 2.36. The van der Waals surface area contributed by atoms with Crippen molar-refractivity contribution >= 4 is 33.6 Å². The third kappa shape index (κ3) is 3.65. The Bertz CT molecular complexity index is 1390. The smallest absolute Gasteiger partial charge is 0.229 e. The maximum atomic E-state index is 12.2. The highest BCUT2D eigenvalue weighted by molar-refractivity contribution is 6.00. The van der Waals surface area contributed by atoms with Crippen LogP contribution in [0.1, 0.15) is 36.9 Å². The number of benzene rings is 1. The Kier molecular flexibility index (Phi) is 4.67. The Morgan fingerprint density at radius 2 is 2.06 bits per heavy atom. The molecule has 8 nitrogen and oxygen atoms in total. The molecule has 1 aliphatic heterocycles. The number of nitrogens with zero attached hydrogens (tertiary/aromatic N) is 3. The summed E-state index contributed by atoms with van der Waals surface area (Å²) in [6.07, 6.45) is 6.78. The number of hydrogen-bond donors (Lipinski definition) is 2. The Morgan fingerprint density at radius 3 is 2.85 bits per heavy atom. The van der Waals surface area contributed by atoms with Crippen LogP contribution in [-0.4, -0.2) is 39.2 Å². The van der Waals surface area contributed by atoms with Gasteiger partial charge in [0.05, 0.1) is 12.2 Å². The molecular formula is C25H24N4O4. The maximum absolute atomic E-state index is 12.2. The molecule has 6 rings (SSSR count). The minimum Gasteiger partial charge on any atom is -0.436 e. The third-order valence-electron chi connectivity index (χ3n) is 6.55. The lowest BCUT2D eigenvalue weighted by Crippen LogP contribution is -2.35. The van der Waals surface area contributed by atoms with Crippen molar-refractivity contribution in [3.63, 3.8) is 0 Å². The molecule has 1 aromatic carbocycles. The quantitative estimate of drug-likeness (QED) is 0.488. The number of anilines is 1. The largest absolute Gasteiger partial charge is 0.436 e. The summed E-state index contributed by atoms with van der Waals surface area (Å²) in [4.78, 5) is 25.8. The van der Waals surface area contributed by atoms with Gasteiger partial charge >= 0.3 is 0 Å². The number of pyridine rings is 2. The molecule has 0 unspecified atom stereocenters. The number of amides is 1. The molecule has 3 aromatic heterocycles. The highest BCUT2D eigenvalue weighted by Gasteiger charge is 2.33. The molecule has 0 spiro atoms. The number of hydrogen-bond acceptors (Lipinski definition) is 7. The van der Waals surface area contributed by atoms with Crippen LogP contribution >= 0.6 is 0 Å². The molecule has 8 heteroatoms. The van der Waals surface area contributed by atoms with Crippen LogP contribution in [0.5, 0.6) is 0 Å². The molecule has 2 fully saturated rings. The zero-order valence-electron chi connectivity index (χ0n) is 18.3. The second-order valence-corrected chi connectivity index (χ2v) is 9.03. The van der Waals surface area contributed by atoms with E-state index in [1.807, 2.05) is 31.2 Å². The van der Waals surface area contributed by atoms with E-state index in [2.05, 4.69) is 15.3 Å². The molecule has 4 heterocycles. The zero-order chi connectivity index (χ0) is 22.6. The van der Waals surface area contributed by atoms with Gasteiger partial charge in [-0.15, -0.1) is 0 Å². The summed E-state index contributed by atoms with van der Waals surface area (Å²) in [6, 6.07) is 7.42. The molecule has 1 aliphatic carbocycles. The lowest BCUT2D eigenvalue weighted by Gasteiger charge is -2.32. The van der Waals surface area contributed by atoms with Gasteiger partial charge in [-0.2, -0.15) is 0 Å². The summed E-state index contributed by atoms with van der Waals surface area (Å²) in [7, 11) is 0. The average Bonchev–Trinajstić information content (AvgIpc) is 3.59. The van der Waals surface area contributed by atoms with E-state index in [9.17, 15) is 9.90 Å². The van der Waals surface area contributed by atoms with Gasteiger partial charge in [0.15, 0.2) is 5.58 Å². The Morgan fingerprint density at radius 1 is 1.18 bits per heavy atom. The van der Waals surface area contributed by atoms with E-state index in [1.165, 1.54) is 0 Å². The van der Waals surface area contributed by atoms with Crippen molar-refractivity contribution in [2.45, 2.75) is 38.2 Å². The standard InChI is InChI=1S/C25H24N4O4/c1-14-18-11-27-22(29-23(30)15-3-4-15)10-17(18)19(12-26-14)24-28-20-9-16(5-6-21(20)33-24)25(31)7-2-8-32-13-25/h5-6,9-12,15,31H,2-4,7-8,13H2,1H3,(H,27,29,30)/t25-/m0/s1. The predicted octanol–water partition coefficient (Wildman–Crippen LogP) is 4.09. The summed E-state index contributed by atoms with van der Waals surface area (Å²) in [5.41, 5.74) is 2.60. The maximum Gasteiger partial charge on any atom is 0.229 e. The summed E-state index contributed by atoms with van der Waals surface area (Å²) >= 11 is 0. The molecule has 0 bridgehead atoms. The minimum absolute atomic E-state index is 0.00759. The molecule has 168 valence electrons. The molecule has 1 atom stereocenters. The van der Waals surface area contributed by atoms with E-state index >= 15 is 0 Å². The Hall–Kier alpha value is -3.36. The van der Waals surface area contributed by atoms with E-state index in [0.717, 1.165) is 46.9 Å². The number of oxazole rings is 1. The average molecular weight is 444 g/mol. The van der Waals surface area contributed by atoms with E-state index < -0.39 is 5.60 Å². The molecular weight excluding hydrogens is 420 g/mol. The molecule has 1 saturated heterocycles. The molecule has 4 aromatic rings. The summed E-state index contributed by atoms with van der Waals surface area (Å²) in [5, 5.41) is 15.6. The van der Waals surface area contributed by atoms with Gasteiger partial charge in [-0.05, 0) is 56.4 Å². The van der Waals surface area contributed by atoms with Crippen LogP contribution in [0, 0.1) is 12.8 Å². The molecule has 33 heavy (non-hydrogen) atoms. The van der Waals surface area contributed by atoms with Crippen LogP contribution in [0.3, 0.4) is 0 Å². The van der Waals surface area contributed by atoms with Gasteiger partial charge in [-0.1, -0.05) is 6.07 Å². The first-order chi connectivity index (χ1) is 16.0. The van der Waals surface area contributed by atoms with Crippen LogP contribution in [0.4, 0.5) is 5.82 Å². The monoisotopic (exact) mass is 444 g/mol. The first-order valence-electron chi connectivity index (χ1n) is 11.3. The normalized spacial score (nSPS) is 20.9. The number of carbonyl (C=O) groups excluding carboxylic acids is 1. The van der Waals surface area contributed by atoms with E-state index in [1.54, 1.807) is 12.4 Å². The molecule has 2 N–H and O–H groups in total. The number of aromatic nitrogens is 3. The molecule has 1 amide bonds. The van der Waals surface area contributed by atoms with Crippen molar-refractivity contribution < 1.29 is 19.1 Å². The van der Waals surface area contributed by atoms with Crippen molar-refractivity contribution in [1.82, 2.24) is 15.0 Å². The fourth-order valence-corrected chi connectivity index (χ4v) is 4.42. The first kappa shape index (κ1) is 20.3. The number of fused-ring (bicyclic) bond motifs is 2. The van der Waals surface area contributed by atoms with Crippen LogP contribution in [0.15, 0.2) is 41.1 Å². The van der Waals surface area contributed by atoms with E-state index in [4.69, 9.17) is 14.1 Å². The van der Waals surface area contributed by atoms with Crippen LogP contribution in [-0.2, 0) is 15.1 Å². The van der Waals surface area contributed by atoms with Gasteiger partial charge < -0.3 is 19.6 Å². The fourth-order valence-electron chi connectivity index (χ4n) is 4.42. The van der Waals surface area contributed by atoms with Crippen LogP contribution in [0.25, 0.3) is 33.3 Å². The lowest BCUT2D eigenvalue weighted by atomic mass is 9.88. The number of ether oxygens (including phenoxy) is 1. The van der Waals surface area contributed by atoms with Crippen LogP contribution in [0.2, 0.25) is 0 Å². The first-order valence-corrected chi connectivity index (χ1v) is 11.3. The van der Waals surface area contributed by atoms with Gasteiger partial charge in [-0.3, -0.25) is 9.78 Å². The summed E-state index contributed by atoms with van der Waals surface area (Å²) < 4.78 is 11.6. The van der Waals surface area contributed by atoms with Gasteiger partial charge in [0.1, 0.15) is 16.9 Å². The number of rotatable bonds is 4. The van der Waals surface area contributed by atoms with Gasteiger partial charge in [-0.25, -0.2) is 9.97 Å². The van der Waals surface area contributed by atoms with Crippen molar-refractivity contribution in [1.29, 1.82) is 0 Å². The fraction of sp³-hybridized carbons (Fsp3) is 0.360. The molecule has 2 aliphatic rings. The van der Waals surface area contributed by atoms with E-state index in [-0.39, 0.29) is 18.4 Å². The Balaban J connectivity index is 1.41. The van der Waals surface area contributed by atoms with Crippen molar-refractivity contribution in [2.75, 3.05) is 18.5 Å². The SMILES string of the molecule is Cc1ncc(-c2nc3cc([C@]4(O)CCCOC4)ccc3o2)c2cc(NC(=O)C3CC3)ncc12.